The average molecular weight is 201 g/mol. The van der Waals surface area contributed by atoms with E-state index in [9.17, 15) is 5.11 Å². The zero-order chi connectivity index (χ0) is 9.15. The summed E-state index contributed by atoms with van der Waals surface area (Å²) in [6.45, 7) is 1.43. The summed E-state index contributed by atoms with van der Waals surface area (Å²) in [6.07, 6.45) is 5.03. The van der Waals surface area contributed by atoms with Crippen molar-refractivity contribution in [3.05, 3.63) is 0 Å². The second-order valence-corrected chi connectivity index (χ2v) is 5.41. The van der Waals surface area contributed by atoms with Crippen LogP contribution in [0.1, 0.15) is 25.7 Å². The van der Waals surface area contributed by atoms with Gasteiger partial charge in [-0.2, -0.15) is 11.8 Å². The Kier molecular flexibility index (Phi) is 3.17. The first kappa shape index (κ1) is 9.81. The third-order valence-corrected chi connectivity index (χ3v) is 4.68. The minimum atomic E-state index is 0.0851. The predicted octanol–water partition coefficient (Wildman–Crippen LogP) is 1.24. The molecule has 2 heterocycles. The summed E-state index contributed by atoms with van der Waals surface area (Å²) in [5.74, 6) is 3.24. The van der Waals surface area contributed by atoms with Gasteiger partial charge in [0.05, 0.1) is 6.61 Å². The third kappa shape index (κ3) is 1.88. The average Bonchev–Trinajstić information content (AvgIpc) is 2.72. The molecule has 0 spiro atoms. The van der Waals surface area contributed by atoms with Gasteiger partial charge in [-0.15, -0.1) is 0 Å². The molecule has 0 aliphatic carbocycles. The molecule has 2 nitrogen and oxygen atoms in total. The van der Waals surface area contributed by atoms with Gasteiger partial charge >= 0.3 is 0 Å². The number of rotatable bonds is 2. The van der Waals surface area contributed by atoms with Crippen LogP contribution in [0.5, 0.6) is 0 Å². The van der Waals surface area contributed by atoms with Gasteiger partial charge in [0, 0.05) is 5.54 Å². The Labute approximate surface area is 84.5 Å². The molecule has 2 fully saturated rings. The molecule has 13 heavy (non-hydrogen) atoms. The van der Waals surface area contributed by atoms with Crippen molar-refractivity contribution in [2.45, 2.75) is 31.2 Å². The molecule has 3 heteroatoms. The lowest BCUT2D eigenvalue weighted by molar-refractivity contribution is 0.0867. The monoisotopic (exact) mass is 201 g/mol. The Morgan fingerprint density at radius 1 is 1.46 bits per heavy atom. The van der Waals surface area contributed by atoms with Crippen LogP contribution >= 0.6 is 11.8 Å². The molecule has 0 amide bonds. The second-order valence-electron chi connectivity index (χ2n) is 4.26. The minimum Gasteiger partial charge on any atom is -0.394 e. The normalized spacial score (nSPS) is 40.8. The summed E-state index contributed by atoms with van der Waals surface area (Å²) in [5, 5.41) is 13.1. The molecule has 0 radical (unpaired) electrons. The van der Waals surface area contributed by atoms with Crippen molar-refractivity contribution in [3.8, 4) is 0 Å². The van der Waals surface area contributed by atoms with Gasteiger partial charge in [0.15, 0.2) is 0 Å². The first-order valence-corrected chi connectivity index (χ1v) is 6.46. The Hall–Kier alpha value is 0.270. The SMILES string of the molecule is OCC1(C2CCSC2)CCCCN1. The van der Waals surface area contributed by atoms with E-state index in [0.29, 0.717) is 12.5 Å². The van der Waals surface area contributed by atoms with Crippen LogP contribution in [0.15, 0.2) is 0 Å². The van der Waals surface area contributed by atoms with Crippen LogP contribution in [0.2, 0.25) is 0 Å². The number of aliphatic hydroxyl groups is 1. The van der Waals surface area contributed by atoms with Gasteiger partial charge in [-0.3, -0.25) is 0 Å². The molecule has 2 rings (SSSR count). The highest BCUT2D eigenvalue weighted by Crippen LogP contribution is 2.36. The molecule has 0 saturated carbocycles. The standard InChI is InChI=1S/C10H19NOS/c12-8-10(4-1-2-5-11-10)9-3-6-13-7-9/h9,11-12H,1-8H2. The highest BCUT2D eigenvalue weighted by atomic mass is 32.2. The van der Waals surface area contributed by atoms with Crippen molar-refractivity contribution in [3.63, 3.8) is 0 Å². The fourth-order valence-corrected chi connectivity index (χ4v) is 3.96. The number of nitrogens with one attached hydrogen (secondary N) is 1. The first-order chi connectivity index (χ1) is 6.37. The van der Waals surface area contributed by atoms with Crippen molar-refractivity contribution in [1.29, 1.82) is 0 Å². The highest BCUT2D eigenvalue weighted by molar-refractivity contribution is 7.99. The first-order valence-electron chi connectivity index (χ1n) is 5.31. The molecule has 2 atom stereocenters. The van der Waals surface area contributed by atoms with Gasteiger partial charge < -0.3 is 10.4 Å². The molecule has 2 aliphatic rings. The topological polar surface area (TPSA) is 32.3 Å². The smallest absolute Gasteiger partial charge is 0.0616 e. The van der Waals surface area contributed by atoms with E-state index in [1.165, 1.54) is 37.2 Å². The summed E-state index contributed by atoms with van der Waals surface area (Å²) < 4.78 is 0. The van der Waals surface area contributed by atoms with Crippen LogP contribution in [-0.2, 0) is 0 Å². The zero-order valence-electron chi connectivity index (χ0n) is 8.09. The van der Waals surface area contributed by atoms with E-state index in [0.717, 1.165) is 6.54 Å². The molecule has 0 aromatic rings. The van der Waals surface area contributed by atoms with E-state index in [2.05, 4.69) is 5.32 Å². The van der Waals surface area contributed by atoms with Crippen LogP contribution in [0.3, 0.4) is 0 Å². The summed E-state index contributed by atoms with van der Waals surface area (Å²) in [6, 6.07) is 0. The van der Waals surface area contributed by atoms with E-state index in [1.54, 1.807) is 0 Å². The second kappa shape index (κ2) is 4.20. The molecule has 2 aliphatic heterocycles. The van der Waals surface area contributed by atoms with Gasteiger partial charge in [0.2, 0.25) is 0 Å². The van der Waals surface area contributed by atoms with Crippen molar-refractivity contribution >= 4 is 11.8 Å². The predicted molar refractivity (Wildman–Crippen MR) is 57.1 cm³/mol. The zero-order valence-corrected chi connectivity index (χ0v) is 8.91. The lowest BCUT2D eigenvalue weighted by Gasteiger charge is -2.41. The fourth-order valence-electron chi connectivity index (χ4n) is 2.57. The molecular formula is C10H19NOS. The number of hydrogen-bond donors (Lipinski definition) is 2. The van der Waals surface area contributed by atoms with Crippen LogP contribution < -0.4 is 5.32 Å². The van der Waals surface area contributed by atoms with Crippen LogP contribution in [0.4, 0.5) is 0 Å². The van der Waals surface area contributed by atoms with Crippen LogP contribution in [-0.4, -0.2) is 35.3 Å². The number of thioether (sulfide) groups is 1. The van der Waals surface area contributed by atoms with Gasteiger partial charge in [-0.1, -0.05) is 6.42 Å². The Balaban J connectivity index is 2.03. The summed E-state index contributed by atoms with van der Waals surface area (Å²) >= 11 is 2.04. The van der Waals surface area contributed by atoms with E-state index in [1.807, 2.05) is 11.8 Å². The van der Waals surface area contributed by atoms with Gasteiger partial charge in [-0.05, 0) is 43.2 Å². The molecular weight excluding hydrogens is 182 g/mol. The number of hydrogen-bond acceptors (Lipinski definition) is 3. The molecule has 0 aromatic carbocycles. The number of piperidine rings is 1. The maximum Gasteiger partial charge on any atom is 0.0616 e. The molecule has 2 unspecified atom stereocenters. The van der Waals surface area contributed by atoms with Gasteiger partial charge in [0.25, 0.3) is 0 Å². The molecule has 0 aromatic heterocycles. The minimum absolute atomic E-state index is 0.0851. The quantitative estimate of drug-likeness (QED) is 0.705. The Morgan fingerprint density at radius 3 is 2.92 bits per heavy atom. The molecule has 76 valence electrons. The van der Waals surface area contributed by atoms with Crippen molar-refractivity contribution in [2.24, 2.45) is 5.92 Å². The van der Waals surface area contributed by atoms with Crippen LogP contribution in [0, 0.1) is 5.92 Å². The van der Waals surface area contributed by atoms with Crippen molar-refractivity contribution in [1.82, 2.24) is 5.32 Å². The lowest BCUT2D eigenvalue weighted by Crippen LogP contribution is -2.56. The fraction of sp³-hybridized carbons (Fsp3) is 1.00. The molecule has 0 bridgehead atoms. The van der Waals surface area contributed by atoms with Crippen molar-refractivity contribution in [2.75, 3.05) is 24.7 Å². The number of aliphatic hydroxyl groups excluding tert-OH is 1. The Bertz CT molecular complexity index is 162. The molecule has 2 saturated heterocycles. The highest BCUT2D eigenvalue weighted by Gasteiger charge is 2.40. The van der Waals surface area contributed by atoms with E-state index in [-0.39, 0.29) is 5.54 Å². The van der Waals surface area contributed by atoms with E-state index >= 15 is 0 Å². The molecule has 2 N–H and O–H groups in total. The van der Waals surface area contributed by atoms with Crippen LogP contribution in [0.25, 0.3) is 0 Å². The maximum atomic E-state index is 9.53. The summed E-state index contributed by atoms with van der Waals surface area (Å²) in [7, 11) is 0. The van der Waals surface area contributed by atoms with Gasteiger partial charge in [0.1, 0.15) is 0 Å². The lowest BCUT2D eigenvalue weighted by atomic mass is 9.78. The van der Waals surface area contributed by atoms with Crippen molar-refractivity contribution < 1.29 is 5.11 Å². The summed E-state index contributed by atoms with van der Waals surface area (Å²) in [4.78, 5) is 0. The summed E-state index contributed by atoms with van der Waals surface area (Å²) in [5.41, 5.74) is 0.0851. The van der Waals surface area contributed by atoms with E-state index < -0.39 is 0 Å². The van der Waals surface area contributed by atoms with E-state index in [4.69, 9.17) is 0 Å². The van der Waals surface area contributed by atoms with Gasteiger partial charge in [-0.25, -0.2) is 0 Å². The third-order valence-electron chi connectivity index (χ3n) is 3.52. The Morgan fingerprint density at radius 2 is 2.38 bits per heavy atom. The maximum absolute atomic E-state index is 9.53. The largest absolute Gasteiger partial charge is 0.394 e.